The first kappa shape index (κ1) is 23.4. The topological polar surface area (TPSA) is 71.1 Å². The summed E-state index contributed by atoms with van der Waals surface area (Å²) >= 11 is 0. The Morgan fingerprint density at radius 1 is 1.00 bits per heavy atom. The number of carbonyl (C=O) groups excluding carboxylic acids is 2. The third kappa shape index (κ3) is 6.90. The molecule has 0 spiro atoms. The highest BCUT2D eigenvalue weighted by Crippen LogP contribution is 2.22. The molecule has 2 aromatic rings. The molecule has 0 aliphatic carbocycles. The van der Waals surface area contributed by atoms with Crippen molar-refractivity contribution in [1.82, 2.24) is 10.2 Å². The maximum atomic E-state index is 12.4. The summed E-state index contributed by atoms with van der Waals surface area (Å²) in [6, 6.07) is 17.6. The second-order valence-electron chi connectivity index (χ2n) is 8.98. The number of anilines is 1. The second-order valence-corrected chi connectivity index (χ2v) is 8.98. The predicted molar refractivity (Wildman–Crippen MR) is 125 cm³/mol. The van der Waals surface area contributed by atoms with Crippen molar-refractivity contribution in [3.63, 3.8) is 0 Å². The maximum Gasteiger partial charge on any atom is 0.410 e. The number of nitrogens with zero attached hydrogens (tertiary/aromatic N) is 2. The summed E-state index contributed by atoms with van der Waals surface area (Å²) < 4.78 is 10.8. The first-order valence-electron chi connectivity index (χ1n) is 11.0. The fraction of sp³-hybridized carbons (Fsp3) is 0.440. The molecule has 1 fully saturated rings. The molecule has 1 aliphatic heterocycles. The predicted octanol–water partition coefficient (Wildman–Crippen LogP) is 4.73. The molecule has 0 saturated carbocycles. The zero-order valence-electron chi connectivity index (χ0n) is 19.3. The Labute approximate surface area is 190 Å². The number of piperazine rings is 1. The van der Waals surface area contributed by atoms with Gasteiger partial charge >= 0.3 is 12.2 Å². The van der Waals surface area contributed by atoms with Crippen molar-refractivity contribution in [1.29, 1.82) is 0 Å². The molecule has 2 amide bonds. The lowest BCUT2D eigenvalue weighted by atomic mass is 10.1. The van der Waals surface area contributed by atoms with Gasteiger partial charge in [-0.1, -0.05) is 42.5 Å². The third-order valence-corrected chi connectivity index (χ3v) is 5.21. The van der Waals surface area contributed by atoms with Gasteiger partial charge in [0.05, 0.1) is 6.04 Å². The summed E-state index contributed by atoms with van der Waals surface area (Å²) in [7, 11) is 0. The van der Waals surface area contributed by atoms with Crippen LogP contribution in [0.2, 0.25) is 0 Å². The lowest BCUT2D eigenvalue weighted by Gasteiger charge is -2.35. The van der Waals surface area contributed by atoms with Gasteiger partial charge in [0.15, 0.2) is 0 Å². The van der Waals surface area contributed by atoms with Crippen LogP contribution in [0.25, 0.3) is 0 Å². The molecule has 32 heavy (non-hydrogen) atoms. The normalized spacial score (nSPS) is 15.1. The largest absolute Gasteiger partial charge is 0.445 e. The summed E-state index contributed by atoms with van der Waals surface area (Å²) in [5.41, 5.74) is 2.51. The van der Waals surface area contributed by atoms with E-state index >= 15 is 0 Å². The van der Waals surface area contributed by atoms with E-state index in [1.165, 1.54) is 0 Å². The van der Waals surface area contributed by atoms with E-state index in [1.54, 1.807) is 4.90 Å². The minimum absolute atomic E-state index is 0.181. The Kier molecular flexibility index (Phi) is 7.62. The van der Waals surface area contributed by atoms with Gasteiger partial charge in [-0.3, -0.25) is 0 Å². The zero-order chi connectivity index (χ0) is 23.1. The number of hydrogen-bond acceptors (Lipinski definition) is 5. The Hall–Kier alpha value is -3.22. The molecule has 0 bridgehead atoms. The van der Waals surface area contributed by atoms with Crippen molar-refractivity contribution in [2.24, 2.45) is 0 Å². The second kappa shape index (κ2) is 10.4. The minimum atomic E-state index is -0.534. The van der Waals surface area contributed by atoms with E-state index in [4.69, 9.17) is 9.47 Å². The highest BCUT2D eigenvalue weighted by atomic mass is 16.6. The number of rotatable bonds is 5. The summed E-state index contributed by atoms with van der Waals surface area (Å²) in [5.74, 6) is 0. The number of carbonyl (C=O) groups is 2. The number of hydrogen-bond donors (Lipinski definition) is 1. The molecule has 2 aromatic carbocycles. The smallest absolute Gasteiger partial charge is 0.410 e. The van der Waals surface area contributed by atoms with Crippen LogP contribution in [0.5, 0.6) is 0 Å². The molecule has 0 radical (unpaired) electrons. The Bertz CT molecular complexity index is 903. The molecule has 7 heteroatoms. The average Bonchev–Trinajstić information content (AvgIpc) is 2.77. The fourth-order valence-corrected chi connectivity index (χ4v) is 3.52. The SMILES string of the molecule is CC(NC(=O)OC(C)(C)C)c1cccc(N2CCN(C(=O)OCc3ccccc3)CC2)c1. The Morgan fingerprint density at radius 3 is 2.34 bits per heavy atom. The van der Waals surface area contributed by atoms with E-state index in [9.17, 15) is 9.59 Å². The van der Waals surface area contributed by atoms with E-state index in [1.807, 2.05) is 76.2 Å². The van der Waals surface area contributed by atoms with E-state index in [0.717, 1.165) is 29.9 Å². The number of nitrogens with one attached hydrogen (secondary N) is 1. The maximum absolute atomic E-state index is 12.4. The summed E-state index contributed by atoms with van der Waals surface area (Å²) in [6.07, 6.45) is -0.713. The van der Waals surface area contributed by atoms with Crippen LogP contribution in [0.15, 0.2) is 54.6 Å². The van der Waals surface area contributed by atoms with Crippen LogP contribution >= 0.6 is 0 Å². The standard InChI is InChI=1S/C25H33N3O4/c1-19(26-23(29)32-25(2,3)4)21-11-8-12-22(17-21)27-13-15-28(16-14-27)24(30)31-18-20-9-6-5-7-10-20/h5-12,17,19H,13-16,18H2,1-4H3,(H,26,29). The van der Waals surface area contributed by atoms with Crippen molar-refractivity contribution >= 4 is 17.9 Å². The summed E-state index contributed by atoms with van der Waals surface area (Å²) in [5, 5.41) is 2.88. The molecular weight excluding hydrogens is 406 g/mol. The van der Waals surface area contributed by atoms with Gasteiger partial charge in [0.1, 0.15) is 12.2 Å². The molecule has 1 N–H and O–H groups in total. The van der Waals surface area contributed by atoms with Crippen LogP contribution in [0.1, 0.15) is 44.9 Å². The van der Waals surface area contributed by atoms with Crippen LogP contribution in [-0.2, 0) is 16.1 Å². The van der Waals surface area contributed by atoms with Crippen LogP contribution in [0.4, 0.5) is 15.3 Å². The monoisotopic (exact) mass is 439 g/mol. The zero-order valence-corrected chi connectivity index (χ0v) is 19.3. The molecule has 3 rings (SSSR count). The lowest BCUT2D eigenvalue weighted by Crippen LogP contribution is -2.49. The molecule has 7 nitrogen and oxygen atoms in total. The van der Waals surface area contributed by atoms with Gasteiger partial charge in [0.2, 0.25) is 0 Å². The van der Waals surface area contributed by atoms with Crippen molar-refractivity contribution in [2.75, 3.05) is 31.1 Å². The number of benzene rings is 2. The molecule has 1 unspecified atom stereocenters. The Balaban J connectivity index is 1.51. The van der Waals surface area contributed by atoms with E-state index in [0.29, 0.717) is 13.1 Å². The van der Waals surface area contributed by atoms with Crippen molar-refractivity contribution < 1.29 is 19.1 Å². The van der Waals surface area contributed by atoms with Gasteiger partial charge in [-0.2, -0.15) is 0 Å². The highest BCUT2D eigenvalue weighted by molar-refractivity contribution is 5.69. The van der Waals surface area contributed by atoms with Gasteiger partial charge < -0.3 is 24.6 Å². The first-order valence-corrected chi connectivity index (χ1v) is 11.0. The fourth-order valence-electron chi connectivity index (χ4n) is 3.52. The minimum Gasteiger partial charge on any atom is -0.445 e. The first-order chi connectivity index (χ1) is 15.2. The van der Waals surface area contributed by atoms with Crippen LogP contribution < -0.4 is 10.2 Å². The highest BCUT2D eigenvalue weighted by Gasteiger charge is 2.23. The number of amides is 2. The van der Waals surface area contributed by atoms with Crippen LogP contribution in [-0.4, -0.2) is 48.9 Å². The third-order valence-electron chi connectivity index (χ3n) is 5.21. The van der Waals surface area contributed by atoms with Gasteiger partial charge in [-0.05, 0) is 51.0 Å². The molecule has 0 aromatic heterocycles. The lowest BCUT2D eigenvalue weighted by molar-refractivity contribution is 0.0508. The quantitative estimate of drug-likeness (QED) is 0.729. The van der Waals surface area contributed by atoms with Crippen molar-refractivity contribution in [3.8, 4) is 0 Å². The van der Waals surface area contributed by atoms with Crippen molar-refractivity contribution in [2.45, 2.75) is 45.9 Å². The summed E-state index contributed by atoms with van der Waals surface area (Å²) in [6.45, 7) is 10.4. The van der Waals surface area contributed by atoms with Gasteiger partial charge in [-0.15, -0.1) is 0 Å². The molecule has 1 atom stereocenters. The molecule has 1 heterocycles. The average molecular weight is 440 g/mol. The Morgan fingerprint density at radius 2 is 1.69 bits per heavy atom. The van der Waals surface area contributed by atoms with Gasteiger partial charge in [0, 0.05) is 31.9 Å². The summed E-state index contributed by atoms with van der Waals surface area (Å²) in [4.78, 5) is 28.5. The molecule has 1 saturated heterocycles. The van der Waals surface area contributed by atoms with Gasteiger partial charge in [0.25, 0.3) is 0 Å². The van der Waals surface area contributed by atoms with Crippen LogP contribution in [0.3, 0.4) is 0 Å². The van der Waals surface area contributed by atoms with E-state index < -0.39 is 11.7 Å². The van der Waals surface area contributed by atoms with E-state index in [2.05, 4.69) is 16.3 Å². The molecule has 172 valence electrons. The van der Waals surface area contributed by atoms with Gasteiger partial charge in [-0.25, -0.2) is 9.59 Å². The molecular formula is C25H33N3O4. The molecule has 1 aliphatic rings. The van der Waals surface area contributed by atoms with E-state index in [-0.39, 0.29) is 18.7 Å². The van der Waals surface area contributed by atoms with Crippen molar-refractivity contribution in [3.05, 3.63) is 65.7 Å². The number of ether oxygens (including phenoxy) is 2. The number of alkyl carbamates (subject to hydrolysis) is 1. The van der Waals surface area contributed by atoms with Crippen LogP contribution in [0, 0.1) is 0 Å².